The van der Waals surface area contributed by atoms with Crippen LogP contribution in [-0.4, -0.2) is 30.2 Å². The van der Waals surface area contributed by atoms with Crippen molar-refractivity contribution in [2.75, 3.05) is 25.6 Å². The van der Waals surface area contributed by atoms with Crippen molar-refractivity contribution in [3.8, 4) is 0 Å². The maximum absolute atomic E-state index is 5.09. The first-order chi connectivity index (χ1) is 9.22. The maximum Gasteiger partial charge on any atom is 0.143 e. The van der Waals surface area contributed by atoms with Crippen LogP contribution in [0.25, 0.3) is 0 Å². The number of anilines is 1. The van der Waals surface area contributed by atoms with Crippen LogP contribution in [0.1, 0.15) is 44.6 Å². The molecule has 0 aliphatic carbocycles. The lowest BCUT2D eigenvalue weighted by Gasteiger charge is -2.12. The van der Waals surface area contributed by atoms with Gasteiger partial charge in [-0.2, -0.15) is 0 Å². The molecule has 4 nitrogen and oxygen atoms in total. The van der Waals surface area contributed by atoms with E-state index in [0.29, 0.717) is 0 Å². The van der Waals surface area contributed by atoms with Gasteiger partial charge in [-0.3, -0.25) is 0 Å². The van der Waals surface area contributed by atoms with Gasteiger partial charge >= 0.3 is 0 Å². The average molecular weight is 377 g/mol. The largest absolute Gasteiger partial charge is 0.385 e. The Bertz CT molecular complexity index is 385. The number of aryl methyl sites for hydroxylation is 2. The molecule has 1 rings (SSSR count). The first-order valence-electron chi connectivity index (χ1n) is 7.01. The normalized spacial score (nSPS) is 10.7. The highest BCUT2D eigenvalue weighted by Crippen LogP contribution is 2.21. The molecule has 0 aromatic carbocycles. The molecule has 0 fully saturated rings. The van der Waals surface area contributed by atoms with E-state index in [1.54, 1.807) is 7.11 Å². The van der Waals surface area contributed by atoms with Crippen LogP contribution in [0.3, 0.4) is 0 Å². The van der Waals surface area contributed by atoms with Crippen LogP contribution < -0.4 is 5.32 Å². The number of hydrogen-bond acceptors (Lipinski definition) is 4. The predicted octanol–water partition coefficient (Wildman–Crippen LogP) is 3.43. The third kappa shape index (κ3) is 5.60. The number of methoxy groups -OCH3 is 1. The summed E-state index contributed by atoms with van der Waals surface area (Å²) < 4.78 is 6.26. The van der Waals surface area contributed by atoms with E-state index in [9.17, 15) is 0 Å². The van der Waals surface area contributed by atoms with Crippen molar-refractivity contribution < 1.29 is 4.74 Å². The smallest absolute Gasteiger partial charge is 0.143 e. The first kappa shape index (κ1) is 16.6. The zero-order valence-electron chi connectivity index (χ0n) is 12.1. The number of aromatic nitrogens is 2. The number of ether oxygens (including phenoxy) is 1. The van der Waals surface area contributed by atoms with Gasteiger partial charge in [0.1, 0.15) is 11.6 Å². The van der Waals surface area contributed by atoms with Gasteiger partial charge in [-0.15, -0.1) is 0 Å². The summed E-state index contributed by atoms with van der Waals surface area (Å²) in [5.41, 5.74) is 1.17. The van der Waals surface area contributed by atoms with Crippen LogP contribution in [0.2, 0.25) is 0 Å². The van der Waals surface area contributed by atoms with E-state index in [1.165, 1.54) is 9.26 Å². The Kier molecular flexibility index (Phi) is 8.29. The summed E-state index contributed by atoms with van der Waals surface area (Å²) in [6.45, 7) is 6.06. The Morgan fingerprint density at radius 2 is 1.95 bits per heavy atom. The second-order valence-electron chi connectivity index (χ2n) is 4.52. The second kappa shape index (κ2) is 9.47. The first-order valence-corrected chi connectivity index (χ1v) is 8.08. The van der Waals surface area contributed by atoms with E-state index in [4.69, 9.17) is 4.74 Å². The van der Waals surface area contributed by atoms with Gasteiger partial charge in [0.05, 0.1) is 9.26 Å². The Morgan fingerprint density at radius 3 is 2.58 bits per heavy atom. The van der Waals surface area contributed by atoms with Crippen molar-refractivity contribution >= 4 is 28.4 Å². The lowest BCUT2D eigenvalue weighted by atomic mass is 10.2. The summed E-state index contributed by atoms with van der Waals surface area (Å²) in [5.74, 6) is 1.92. The van der Waals surface area contributed by atoms with E-state index in [0.717, 1.165) is 56.9 Å². The second-order valence-corrected chi connectivity index (χ2v) is 5.60. The highest BCUT2D eigenvalue weighted by atomic mass is 127. The molecule has 1 aromatic heterocycles. The van der Waals surface area contributed by atoms with Crippen molar-refractivity contribution in [3.63, 3.8) is 0 Å². The number of nitrogens with one attached hydrogen (secondary N) is 1. The molecule has 0 radical (unpaired) electrons. The van der Waals surface area contributed by atoms with Crippen LogP contribution in [0.15, 0.2) is 0 Å². The highest BCUT2D eigenvalue weighted by molar-refractivity contribution is 14.1. The summed E-state index contributed by atoms with van der Waals surface area (Å²) in [4.78, 5) is 9.33. The molecule has 0 amide bonds. The molecule has 0 aliphatic rings. The van der Waals surface area contributed by atoms with Crippen LogP contribution in [0.4, 0.5) is 5.82 Å². The topological polar surface area (TPSA) is 47.0 Å². The summed E-state index contributed by atoms with van der Waals surface area (Å²) in [6.07, 6.45) is 5.07. The molecule has 0 bridgehead atoms. The Hall–Kier alpha value is -0.430. The van der Waals surface area contributed by atoms with E-state index >= 15 is 0 Å². The molecule has 19 heavy (non-hydrogen) atoms. The highest BCUT2D eigenvalue weighted by Gasteiger charge is 2.11. The molecule has 1 heterocycles. The molecule has 0 atom stereocenters. The standard InChI is InChI=1S/C14H24IN3O/c1-4-7-11-13(15)14(16-9-5-2)18-12(17-11)8-6-10-19-3/h4-10H2,1-3H3,(H,16,17,18). The van der Waals surface area contributed by atoms with Crippen molar-refractivity contribution in [2.24, 2.45) is 0 Å². The van der Waals surface area contributed by atoms with E-state index in [1.807, 2.05) is 0 Å². The van der Waals surface area contributed by atoms with Crippen molar-refractivity contribution in [3.05, 3.63) is 15.1 Å². The number of hydrogen-bond donors (Lipinski definition) is 1. The van der Waals surface area contributed by atoms with Gasteiger partial charge in [-0.05, 0) is 41.9 Å². The van der Waals surface area contributed by atoms with Gasteiger partial charge in [-0.1, -0.05) is 20.3 Å². The zero-order valence-corrected chi connectivity index (χ0v) is 14.3. The number of halogens is 1. The maximum atomic E-state index is 5.09. The minimum Gasteiger partial charge on any atom is -0.385 e. The molecule has 0 saturated carbocycles. The monoisotopic (exact) mass is 377 g/mol. The summed E-state index contributed by atoms with van der Waals surface area (Å²) in [6, 6.07) is 0. The average Bonchev–Trinajstić information content (AvgIpc) is 2.41. The van der Waals surface area contributed by atoms with Crippen LogP contribution in [0, 0.1) is 3.57 Å². The number of rotatable bonds is 9. The van der Waals surface area contributed by atoms with E-state index < -0.39 is 0 Å². The van der Waals surface area contributed by atoms with Gasteiger partial charge in [0.15, 0.2) is 0 Å². The van der Waals surface area contributed by atoms with E-state index in [2.05, 4.69) is 51.7 Å². The molecule has 1 aromatic rings. The zero-order chi connectivity index (χ0) is 14.1. The molecule has 0 aliphatic heterocycles. The third-order valence-corrected chi connectivity index (χ3v) is 3.88. The predicted molar refractivity (Wildman–Crippen MR) is 87.7 cm³/mol. The SMILES string of the molecule is CCCNc1nc(CCCOC)nc(CCC)c1I. The quantitative estimate of drug-likeness (QED) is 0.529. The Labute approximate surface area is 129 Å². The van der Waals surface area contributed by atoms with Crippen LogP contribution in [0.5, 0.6) is 0 Å². The molecule has 108 valence electrons. The fraction of sp³-hybridized carbons (Fsp3) is 0.714. The van der Waals surface area contributed by atoms with Gasteiger partial charge in [0, 0.05) is 26.7 Å². The Balaban J connectivity index is 2.87. The molecule has 0 spiro atoms. The lowest BCUT2D eigenvalue weighted by Crippen LogP contribution is -2.11. The minimum absolute atomic E-state index is 0.760. The van der Waals surface area contributed by atoms with Crippen LogP contribution >= 0.6 is 22.6 Å². The van der Waals surface area contributed by atoms with Gasteiger partial charge < -0.3 is 10.1 Å². The van der Waals surface area contributed by atoms with Gasteiger partial charge in [0.2, 0.25) is 0 Å². The molecular weight excluding hydrogens is 353 g/mol. The summed E-state index contributed by atoms with van der Waals surface area (Å²) in [5, 5.41) is 3.40. The van der Waals surface area contributed by atoms with Crippen LogP contribution in [-0.2, 0) is 17.6 Å². The van der Waals surface area contributed by atoms with E-state index in [-0.39, 0.29) is 0 Å². The molecule has 1 N–H and O–H groups in total. The number of nitrogens with zero attached hydrogens (tertiary/aromatic N) is 2. The lowest BCUT2D eigenvalue weighted by molar-refractivity contribution is 0.194. The summed E-state index contributed by atoms with van der Waals surface area (Å²) >= 11 is 2.35. The fourth-order valence-electron chi connectivity index (χ4n) is 1.79. The third-order valence-electron chi connectivity index (χ3n) is 2.74. The van der Waals surface area contributed by atoms with Crippen molar-refractivity contribution in [2.45, 2.75) is 46.0 Å². The minimum atomic E-state index is 0.760. The Morgan fingerprint density at radius 1 is 1.16 bits per heavy atom. The van der Waals surface area contributed by atoms with Crippen molar-refractivity contribution in [1.29, 1.82) is 0 Å². The molecule has 5 heteroatoms. The van der Waals surface area contributed by atoms with Gasteiger partial charge in [0.25, 0.3) is 0 Å². The van der Waals surface area contributed by atoms with Gasteiger partial charge in [-0.25, -0.2) is 9.97 Å². The summed E-state index contributed by atoms with van der Waals surface area (Å²) in [7, 11) is 1.73. The molecular formula is C14H24IN3O. The molecule has 0 unspecified atom stereocenters. The van der Waals surface area contributed by atoms with Crippen molar-refractivity contribution in [1.82, 2.24) is 9.97 Å². The fourth-order valence-corrected chi connectivity index (χ4v) is 2.50. The molecule has 0 saturated heterocycles.